The van der Waals surface area contributed by atoms with E-state index in [2.05, 4.69) is 18.8 Å². The molecule has 3 heteroatoms. The normalized spacial score (nSPS) is 13.4. The third kappa shape index (κ3) is 6.05. The summed E-state index contributed by atoms with van der Waals surface area (Å²) in [6, 6.07) is 0. The van der Waals surface area contributed by atoms with Gasteiger partial charge >= 0.3 is 5.97 Å². The number of carbonyl (C=O) groups is 1. The lowest BCUT2D eigenvalue weighted by atomic mass is 10.1. The molecule has 0 spiro atoms. The standard InChI is InChI=1S/C12H21NO2/c1-5-11(10(4)12(14)15)13-8-6-7-9(2)3/h8-9H,5-7H2,1-4H3,(H,14,15). The van der Waals surface area contributed by atoms with Crippen LogP contribution in [0.2, 0.25) is 0 Å². The molecule has 0 heterocycles. The maximum Gasteiger partial charge on any atom is 0.333 e. The number of carboxylic acid groups (broad SMARTS) is 1. The fraction of sp³-hybridized carbons (Fsp3) is 0.667. The van der Waals surface area contributed by atoms with E-state index in [4.69, 9.17) is 5.11 Å². The van der Waals surface area contributed by atoms with Crippen LogP contribution in [0.3, 0.4) is 0 Å². The van der Waals surface area contributed by atoms with E-state index in [1.165, 1.54) is 0 Å². The van der Waals surface area contributed by atoms with Crippen LogP contribution in [0.25, 0.3) is 0 Å². The highest BCUT2D eigenvalue weighted by molar-refractivity contribution is 5.87. The maximum atomic E-state index is 10.7. The van der Waals surface area contributed by atoms with E-state index in [1.807, 2.05) is 13.1 Å². The molecule has 0 fully saturated rings. The van der Waals surface area contributed by atoms with E-state index < -0.39 is 5.97 Å². The van der Waals surface area contributed by atoms with Crippen LogP contribution in [-0.4, -0.2) is 17.3 Å². The average molecular weight is 211 g/mol. The van der Waals surface area contributed by atoms with E-state index in [1.54, 1.807) is 6.92 Å². The lowest BCUT2D eigenvalue weighted by Gasteiger charge is -2.02. The van der Waals surface area contributed by atoms with Gasteiger partial charge in [-0.15, -0.1) is 0 Å². The highest BCUT2D eigenvalue weighted by Gasteiger charge is 2.05. The molecule has 0 amide bonds. The van der Waals surface area contributed by atoms with E-state index >= 15 is 0 Å². The van der Waals surface area contributed by atoms with Gasteiger partial charge in [0.15, 0.2) is 0 Å². The average Bonchev–Trinajstić information content (AvgIpc) is 2.16. The summed E-state index contributed by atoms with van der Waals surface area (Å²) in [5, 5.41) is 8.80. The Hall–Kier alpha value is -1.12. The molecule has 3 nitrogen and oxygen atoms in total. The van der Waals surface area contributed by atoms with Gasteiger partial charge in [0.25, 0.3) is 0 Å². The van der Waals surface area contributed by atoms with Crippen molar-refractivity contribution in [3.05, 3.63) is 11.3 Å². The predicted molar refractivity (Wildman–Crippen MR) is 63.2 cm³/mol. The Bertz CT molecular complexity index is 265. The van der Waals surface area contributed by atoms with Crippen LogP contribution in [0.1, 0.15) is 47.0 Å². The van der Waals surface area contributed by atoms with Crippen LogP contribution >= 0.6 is 0 Å². The zero-order valence-electron chi connectivity index (χ0n) is 10.1. The fourth-order valence-corrected chi connectivity index (χ4v) is 1.16. The van der Waals surface area contributed by atoms with E-state index in [9.17, 15) is 4.79 Å². The molecule has 0 aromatic rings. The lowest BCUT2D eigenvalue weighted by molar-refractivity contribution is -0.132. The van der Waals surface area contributed by atoms with Gasteiger partial charge in [-0.1, -0.05) is 20.8 Å². The van der Waals surface area contributed by atoms with Crippen molar-refractivity contribution in [3.8, 4) is 0 Å². The first-order valence-electron chi connectivity index (χ1n) is 5.44. The van der Waals surface area contributed by atoms with Crippen molar-refractivity contribution in [2.45, 2.75) is 47.0 Å². The number of nitrogens with zero attached hydrogens (tertiary/aromatic N) is 1. The van der Waals surface area contributed by atoms with E-state index in [0.29, 0.717) is 23.6 Å². The summed E-state index contributed by atoms with van der Waals surface area (Å²) in [5.41, 5.74) is 1.02. The Morgan fingerprint density at radius 2 is 2.07 bits per heavy atom. The molecule has 15 heavy (non-hydrogen) atoms. The second-order valence-electron chi connectivity index (χ2n) is 4.01. The summed E-state index contributed by atoms with van der Waals surface area (Å²) in [7, 11) is 0. The van der Waals surface area contributed by atoms with Crippen molar-refractivity contribution in [2.75, 3.05) is 0 Å². The topological polar surface area (TPSA) is 49.7 Å². The fourth-order valence-electron chi connectivity index (χ4n) is 1.16. The van der Waals surface area contributed by atoms with Gasteiger partial charge in [-0.25, -0.2) is 4.79 Å². The molecular weight excluding hydrogens is 190 g/mol. The van der Waals surface area contributed by atoms with Gasteiger partial charge in [-0.3, -0.25) is 4.99 Å². The van der Waals surface area contributed by atoms with Crippen molar-refractivity contribution in [1.29, 1.82) is 0 Å². The van der Waals surface area contributed by atoms with Gasteiger partial charge < -0.3 is 5.11 Å². The summed E-state index contributed by atoms with van der Waals surface area (Å²) in [4.78, 5) is 14.9. The molecule has 0 unspecified atom stereocenters. The van der Waals surface area contributed by atoms with Crippen molar-refractivity contribution in [2.24, 2.45) is 10.9 Å². The summed E-state index contributed by atoms with van der Waals surface area (Å²) >= 11 is 0. The molecule has 0 aliphatic carbocycles. The number of aliphatic imine (C=N–C) groups is 1. The monoisotopic (exact) mass is 211 g/mol. The van der Waals surface area contributed by atoms with Crippen LogP contribution in [0.4, 0.5) is 0 Å². The summed E-state index contributed by atoms with van der Waals surface area (Å²) in [6.07, 6.45) is 4.49. The minimum absolute atomic E-state index is 0.346. The van der Waals surface area contributed by atoms with Crippen LogP contribution in [0, 0.1) is 5.92 Å². The first-order valence-corrected chi connectivity index (χ1v) is 5.44. The number of aliphatic carboxylic acids is 1. The van der Waals surface area contributed by atoms with Crippen LogP contribution < -0.4 is 0 Å². The molecule has 86 valence electrons. The predicted octanol–water partition coefficient (Wildman–Crippen LogP) is 3.26. The molecule has 0 aromatic heterocycles. The molecule has 0 saturated heterocycles. The first-order chi connectivity index (χ1) is 6.99. The van der Waals surface area contributed by atoms with Crippen LogP contribution in [-0.2, 0) is 4.79 Å². The van der Waals surface area contributed by atoms with Crippen molar-refractivity contribution in [1.82, 2.24) is 0 Å². The Morgan fingerprint density at radius 1 is 1.47 bits per heavy atom. The molecule has 0 aliphatic heterocycles. The SMILES string of the molecule is CCC(N=CCCC(C)C)=C(C)C(=O)O. The first kappa shape index (κ1) is 13.9. The molecule has 0 bridgehead atoms. The number of hydrogen-bond acceptors (Lipinski definition) is 2. The Labute approximate surface area is 91.9 Å². The van der Waals surface area contributed by atoms with Gasteiger partial charge in [0, 0.05) is 11.9 Å². The number of carboxylic acids is 1. The van der Waals surface area contributed by atoms with Gasteiger partial charge in [-0.2, -0.15) is 0 Å². The Morgan fingerprint density at radius 3 is 2.47 bits per heavy atom. The number of allylic oxidation sites excluding steroid dienone is 1. The lowest BCUT2D eigenvalue weighted by Crippen LogP contribution is -2.00. The Kier molecular flexibility index (Phi) is 6.67. The molecule has 0 rings (SSSR count). The molecular formula is C12H21NO2. The summed E-state index contributed by atoms with van der Waals surface area (Å²) in [5.74, 6) is -0.223. The van der Waals surface area contributed by atoms with Crippen molar-refractivity contribution in [3.63, 3.8) is 0 Å². The third-order valence-corrected chi connectivity index (χ3v) is 2.21. The summed E-state index contributed by atoms with van der Waals surface area (Å²) < 4.78 is 0. The van der Waals surface area contributed by atoms with Gasteiger partial charge in [0.05, 0.1) is 5.57 Å². The zero-order chi connectivity index (χ0) is 11.8. The second kappa shape index (κ2) is 7.21. The molecule has 0 atom stereocenters. The highest BCUT2D eigenvalue weighted by atomic mass is 16.4. The Balaban J connectivity index is 4.33. The van der Waals surface area contributed by atoms with E-state index in [0.717, 1.165) is 12.8 Å². The van der Waals surface area contributed by atoms with Crippen molar-refractivity contribution < 1.29 is 9.90 Å². The second-order valence-corrected chi connectivity index (χ2v) is 4.01. The zero-order valence-corrected chi connectivity index (χ0v) is 10.1. The number of rotatable bonds is 6. The minimum Gasteiger partial charge on any atom is -0.478 e. The van der Waals surface area contributed by atoms with Crippen LogP contribution in [0.15, 0.2) is 16.3 Å². The third-order valence-electron chi connectivity index (χ3n) is 2.21. The van der Waals surface area contributed by atoms with Crippen molar-refractivity contribution >= 4 is 12.2 Å². The maximum absolute atomic E-state index is 10.7. The molecule has 0 aliphatic rings. The smallest absolute Gasteiger partial charge is 0.333 e. The number of hydrogen-bond donors (Lipinski definition) is 1. The quantitative estimate of drug-likeness (QED) is 0.541. The van der Waals surface area contributed by atoms with Gasteiger partial charge in [0.2, 0.25) is 0 Å². The molecule has 0 radical (unpaired) electrons. The van der Waals surface area contributed by atoms with Gasteiger partial charge in [0.1, 0.15) is 0 Å². The van der Waals surface area contributed by atoms with E-state index in [-0.39, 0.29) is 0 Å². The highest BCUT2D eigenvalue weighted by Crippen LogP contribution is 2.10. The molecule has 0 aromatic carbocycles. The van der Waals surface area contributed by atoms with Crippen LogP contribution in [0.5, 0.6) is 0 Å². The molecule has 0 saturated carbocycles. The largest absolute Gasteiger partial charge is 0.478 e. The minimum atomic E-state index is -0.882. The summed E-state index contributed by atoms with van der Waals surface area (Å²) in [6.45, 7) is 7.84. The molecule has 1 N–H and O–H groups in total. The van der Waals surface area contributed by atoms with Gasteiger partial charge in [-0.05, 0) is 32.1 Å².